The fourth-order valence-corrected chi connectivity index (χ4v) is 3.24. The highest BCUT2D eigenvalue weighted by Gasteiger charge is 2.11. The van der Waals surface area contributed by atoms with E-state index in [2.05, 4.69) is 0 Å². The van der Waals surface area contributed by atoms with Crippen molar-refractivity contribution in [3.8, 4) is 17.2 Å². The maximum atomic E-state index is 11.9. The Labute approximate surface area is 202 Å². The molecule has 0 saturated heterocycles. The summed E-state index contributed by atoms with van der Waals surface area (Å²) in [5, 5.41) is 9.71. The average Bonchev–Trinajstić information content (AvgIpc) is 2.81. The van der Waals surface area contributed by atoms with Crippen molar-refractivity contribution in [2.75, 3.05) is 7.11 Å². The molecule has 178 valence electrons. The molecule has 1 N–H and O–H groups in total. The van der Waals surface area contributed by atoms with Gasteiger partial charge >= 0.3 is 17.9 Å². The molecule has 0 aromatic heterocycles. The molecule has 3 aromatic rings. The second-order valence-electron chi connectivity index (χ2n) is 7.52. The Morgan fingerprint density at radius 2 is 1.20 bits per heavy atom. The van der Waals surface area contributed by atoms with Crippen molar-refractivity contribution >= 4 is 41.7 Å². The van der Waals surface area contributed by atoms with Crippen LogP contribution in [0.5, 0.6) is 17.2 Å². The molecule has 0 aliphatic carbocycles. The van der Waals surface area contributed by atoms with E-state index in [0.717, 1.165) is 11.1 Å². The van der Waals surface area contributed by atoms with Gasteiger partial charge in [0.15, 0.2) is 0 Å². The minimum absolute atomic E-state index is 0.158. The molecule has 0 aliphatic heterocycles. The Balaban J connectivity index is 1.84. The first-order valence-electron chi connectivity index (χ1n) is 10.6. The lowest BCUT2D eigenvalue weighted by molar-refractivity contribution is -0.132. The standard InChI is InChI=1S/C28H24O7/c1-18(29)34-25-14-22(15-26(17-25)35-19(2)30)5-4-20-6-10-23(11-7-20)27(28(31)32)16-21-8-12-24(33-3)13-9-21/h4-17H,1-3H3,(H,31,32)/b5-4+,27-16+. The van der Waals surface area contributed by atoms with Gasteiger partial charge in [-0.05, 0) is 52.6 Å². The fraction of sp³-hybridized carbons (Fsp3) is 0.107. The molecular weight excluding hydrogens is 448 g/mol. The highest BCUT2D eigenvalue weighted by Crippen LogP contribution is 2.26. The van der Waals surface area contributed by atoms with Gasteiger partial charge in [-0.1, -0.05) is 48.6 Å². The van der Waals surface area contributed by atoms with Crippen molar-refractivity contribution < 1.29 is 33.7 Å². The van der Waals surface area contributed by atoms with Crippen molar-refractivity contribution in [3.63, 3.8) is 0 Å². The Bertz CT molecular complexity index is 1250. The zero-order chi connectivity index (χ0) is 25.4. The van der Waals surface area contributed by atoms with Crippen molar-refractivity contribution in [3.05, 3.63) is 89.0 Å². The van der Waals surface area contributed by atoms with Crippen LogP contribution >= 0.6 is 0 Å². The van der Waals surface area contributed by atoms with Gasteiger partial charge in [0.25, 0.3) is 0 Å². The molecule has 35 heavy (non-hydrogen) atoms. The zero-order valence-electron chi connectivity index (χ0n) is 19.5. The molecule has 0 spiro atoms. The smallest absolute Gasteiger partial charge is 0.336 e. The largest absolute Gasteiger partial charge is 0.497 e. The molecule has 0 atom stereocenters. The predicted octanol–water partition coefficient (Wildman–Crippen LogP) is 5.34. The number of hydrogen-bond donors (Lipinski definition) is 1. The van der Waals surface area contributed by atoms with Gasteiger partial charge in [0.2, 0.25) is 0 Å². The maximum Gasteiger partial charge on any atom is 0.336 e. The second kappa shape index (κ2) is 11.5. The number of esters is 2. The molecule has 7 nitrogen and oxygen atoms in total. The number of methoxy groups -OCH3 is 1. The third-order valence-corrected chi connectivity index (χ3v) is 4.77. The summed E-state index contributed by atoms with van der Waals surface area (Å²) in [6.45, 7) is 2.56. The number of rotatable bonds is 8. The van der Waals surface area contributed by atoms with E-state index in [0.29, 0.717) is 16.9 Å². The van der Waals surface area contributed by atoms with Crippen molar-refractivity contribution in [1.29, 1.82) is 0 Å². The Kier molecular flexibility index (Phi) is 8.19. The number of carboxylic acid groups (broad SMARTS) is 1. The van der Waals surface area contributed by atoms with Crippen molar-refractivity contribution in [1.82, 2.24) is 0 Å². The van der Waals surface area contributed by atoms with Gasteiger partial charge in [0.1, 0.15) is 17.2 Å². The van der Waals surface area contributed by atoms with E-state index in [1.165, 1.54) is 19.9 Å². The van der Waals surface area contributed by atoms with Crippen molar-refractivity contribution in [2.45, 2.75) is 13.8 Å². The Morgan fingerprint density at radius 3 is 1.69 bits per heavy atom. The lowest BCUT2D eigenvalue weighted by Gasteiger charge is -2.07. The van der Waals surface area contributed by atoms with Gasteiger partial charge in [-0.3, -0.25) is 9.59 Å². The number of aliphatic carboxylic acids is 1. The van der Waals surface area contributed by atoms with Crippen LogP contribution in [0, 0.1) is 0 Å². The molecule has 0 unspecified atom stereocenters. The van der Waals surface area contributed by atoms with Crippen LogP contribution in [-0.2, 0) is 14.4 Å². The summed E-state index contributed by atoms with van der Waals surface area (Å²) in [4.78, 5) is 34.5. The highest BCUT2D eigenvalue weighted by molar-refractivity contribution is 6.20. The molecule has 3 rings (SSSR count). The van der Waals surface area contributed by atoms with Crippen LogP contribution in [0.3, 0.4) is 0 Å². The number of carboxylic acids is 1. The van der Waals surface area contributed by atoms with Crippen LogP contribution in [0.4, 0.5) is 0 Å². The summed E-state index contributed by atoms with van der Waals surface area (Å²) in [6.07, 6.45) is 5.17. The van der Waals surface area contributed by atoms with Crippen LogP contribution in [0.2, 0.25) is 0 Å². The summed E-state index contributed by atoms with van der Waals surface area (Å²) in [7, 11) is 1.57. The number of benzene rings is 3. The van der Waals surface area contributed by atoms with Crippen LogP contribution < -0.4 is 14.2 Å². The number of carbonyl (C=O) groups is 3. The average molecular weight is 472 g/mol. The second-order valence-corrected chi connectivity index (χ2v) is 7.52. The molecule has 0 saturated carbocycles. The Morgan fingerprint density at radius 1 is 0.686 bits per heavy atom. The zero-order valence-corrected chi connectivity index (χ0v) is 19.5. The molecule has 0 bridgehead atoms. The van der Waals surface area contributed by atoms with Crippen molar-refractivity contribution in [2.24, 2.45) is 0 Å². The van der Waals surface area contributed by atoms with Gasteiger partial charge in [0, 0.05) is 19.9 Å². The van der Waals surface area contributed by atoms with E-state index < -0.39 is 17.9 Å². The number of hydrogen-bond acceptors (Lipinski definition) is 6. The van der Waals surface area contributed by atoms with E-state index >= 15 is 0 Å². The fourth-order valence-electron chi connectivity index (χ4n) is 3.24. The minimum Gasteiger partial charge on any atom is -0.497 e. The lowest BCUT2D eigenvalue weighted by atomic mass is 10.0. The monoisotopic (exact) mass is 472 g/mol. The summed E-state index contributed by atoms with van der Waals surface area (Å²) in [5.41, 5.74) is 2.92. The van der Waals surface area contributed by atoms with Gasteiger partial charge < -0.3 is 19.3 Å². The first-order chi connectivity index (χ1) is 16.7. The topological polar surface area (TPSA) is 99.1 Å². The van der Waals surface area contributed by atoms with Crippen LogP contribution in [-0.4, -0.2) is 30.1 Å². The molecule has 0 heterocycles. The quantitative estimate of drug-likeness (QED) is 0.204. The highest BCUT2D eigenvalue weighted by atomic mass is 16.5. The first-order valence-corrected chi connectivity index (χ1v) is 10.6. The molecule has 0 radical (unpaired) electrons. The van der Waals surface area contributed by atoms with E-state index in [9.17, 15) is 19.5 Å². The lowest BCUT2D eigenvalue weighted by Crippen LogP contribution is -2.04. The van der Waals surface area contributed by atoms with E-state index in [-0.39, 0.29) is 17.1 Å². The SMILES string of the molecule is COc1ccc(/C=C(/C(=O)O)c2ccc(/C=C/c3cc(OC(C)=O)cc(OC(C)=O)c3)cc2)cc1. The van der Waals surface area contributed by atoms with Gasteiger partial charge in [-0.2, -0.15) is 0 Å². The molecular formula is C28H24O7. The third kappa shape index (κ3) is 7.43. The van der Waals surface area contributed by atoms with Crippen LogP contribution in [0.1, 0.15) is 36.1 Å². The molecule has 3 aromatic carbocycles. The maximum absolute atomic E-state index is 11.9. The summed E-state index contributed by atoms with van der Waals surface area (Å²) >= 11 is 0. The molecule has 0 fully saturated rings. The van der Waals surface area contributed by atoms with Gasteiger partial charge in [-0.15, -0.1) is 0 Å². The summed E-state index contributed by atoms with van der Waals surface area (Å²) in [5.74, 6) is -0.834. The summed E-state index contributed by atoms with van der Waals surface area (Å²) < 4.78 is 15.4. The molecule has 7 heteroatoms. The Hall–Kier alpha value is -4.65. The van der Waals surface area contributed by atoms with E-state index in [4.69, 9.17) is 14.2 Å². The van der Waals surface area contributed by atoms with E-state index in [1.54, 1.807) is 79.9 Å². The predicted molar refractivity (Wildman–Crippen MR) is 133 cm³/mol. The third-order valence-electron chi connectivity index (χ3n) is 4.77. The van der Waals surface area contributed by atoms with Crippen LogP contribution in [0.15, 0.2) is 66.7 Å². The normalized spacial score (nSPS) is 11.2. The molecule has 0 amide bonds. The molecule has 0 aliphatic rings. The van der Waals surface area contributed by atoms with Crippen LogP contribution in [0.25, 0.3) is 23.8 Å². The van der Waals surface area contributed by atoms with E-state index in [1.807, 2.05) is 6.08 Å². The minimum atomic E-state index is -1.04. The van der Waals surface area contributed by atoms with Gasteiger partial charge in [-0.25, -0.2) is 4.79 Å². The first kappa shape index (κ1) is 25.0. The summed E-state index contributed by atoms with van der Waals surface area (Å²) in [6, 6.07) is 18.9. The van der Waals surface area contributed by atoms with Gasteiger partial charge in [0.05, 0.1) is 12.7 Å². The number of carbonyl (C=O) groups excluding carboxylic acids is 2. The number of ether oxygens (including phenoxy) is 3.